The predicted octanol–water partition coefficient (Wildman–Crippen LogP) is 6.21. The second-order valence-corrected chi connectivity index (χ2v) is 20.8. The Morgan fingerprint density at radius 2 is 1.56 bits per heavy atom. The Hall–Kier alpha value is -3.45. The SMILES string of the molecule is COCCOCCOC1C[C@@H]2CCC(C)C(O)(O2)C(=O)C(=O)N2CCCC[C@H]2C(=O)OC(C(C)CC2CCC(O)C(OC)C2)CC(=O)C(C)/C=C(\C)C(O)C(OC)C(=O)C(C)CC(C)/C=C/C=C/C=C/1C. The van der Waals surface area contributed by atoms with Crippen LogP contribution in [0.15, 0.2) is 47.6 Å². The molecular weight excluding hydrogens is 915 g/mol. The third-order valence-corrected chi connectivity index (χ3v) is 15.2. The van der Waals surface area contributed by atoms with Crippen molar-refractivity contribution in [2.24, 2.45) is 35.5 Å². The highest BCUT2D eigenvalue weighted by atomic mass is 16.6. The number of hydrogen-bond donors (Lipinski definition) is 3. The van der Waals surface area contributed by atoms with E-state index in [9.17, 15) is 39.3 Å². The van der Waals surface area contributed by atoms with E-state index in [1.165, 1.54) is 12.0 Å². The van der Waals surface area contributed by atoms with Crippen molar-refractivity contribution in [3.8, 4) is 0 Å². The molecule has 0 aromatic rings. The molecule has 0 aromatic carbocycles. The summed E-state index contributed by atoms with van der Waals surface area (Å²) in [7, 11) is 4.54. The number of cyclic esters (lactones) is 1. The molecule has 71 heavy (non-hydrogen) atoms. The van der Waals surface area contributed by atoms with Gasteiger partial charge < -0.3 is 53.4 Å². The lowest BCUT2D eigenvalue weighted by Gasteiger charge is -2.43. The van der Waals surface area contributed by atoms with Crippen LogP contribution in [0.3, 0.4) is 0 Å². The number of allylic oxidation sites excluding steroid dienone is 6. The number of carbonyl (C=O) groups excluding carboxylic acids is 5. The van der Waals surface area contributed by atoms with Crippen LogP contribution >= 0.6 is 0 Å². The van der Waals surface area contributed by atoms with E-state index in [1.807, 2.05) is 58.1 Å². The second kappa shape index (κ2) is 29.4. The first kappa shape index (κ1) is 60.1. The van der Waals surface area contributed by atoms with E-state index < -0.39 is 83.9 Å². The van der Waals surface area contributed by atoms with Crippen molar-refractivity contribution >= 4 is 29.2 Å². The van der Waals surface area contributed by atoms with E-state index >= 15 is 0 Å². The van der Waals surface area contributed by atoms with Gasteiger partial charge in [-0.15, -0.1) is 0 Å². The maximum Gasteiger partial charge on any atom is 0.329 e. The zero-order valence-electron chi connectivity index (χ0n) is 44.3. The second-order valence-electron chi connectivity index (χ2n) is 20.8. The third kappa shape index (κ3) is 17.3. The molecule has 4 rings (SSSR count). The van der Waals surface area contributed by atoms with Gasteiger partial charge in [0.2, 0.25) is 5.79 Å². The lowest BCUT2D eigenvalue weighted by Crippen LogP contribution is -2.61. The zero-order chi connectivity index (χ0) is 52.4. The quantitative estimate of drug-likeness (QED) is 0.0858. The third-order valence-electron chi connectivity index (χ3n) is 15.2. The number of aliphatic hydroxyl groups excluding tert-OH is 2. The Morgan fingerprint density at radius 1 is 0.831 bits per heavy atom. The van der Waals surface area contributed by atoms with Crippen LogP contribution in [-0.4, -0.2) is 158 Å². The summed E-state index contributed by atoms with van der Waals surface area (Å²) in [4.78, 5) is 72.4. The molecule has 16 heteroatoms. The molecule has 13 unspecified atom stereocenters. The van der Waals surface area contributed by atoms with E-state index in [1.54, 1.807) is 41.1 Å². The first-order chi connectivity index (χ1) is 33.7. The van der Waals surface area contributed by atoms with Crippen molar-refractivity contribution < 1.29 is 72.5 Å². The molecule has 1 saturated carbocycles. The molecule has 2 saturated heterocycles. The van der Waals surface area contributed by atoms with Gasteiger partial charge in [-0.05, 0) is 107 Å². The van der Waals surface area contributed by atoms with Gasteiger partial charge in [-0.25, -0.2) is 4.79 Å². The number of aliphatic hydroxyl groups is 3. The first-order valence-electron chi connectivity index (χ1n) is 26.1. The average Bonchev–Trinajstić information content (AvgIpc) is 3.34. The van der Waals surface area contributed by atoms with Crippen molar-refractivity contribution in [1.82, 2.24) is 4.90 Å². The molecule has 3 aliphatic heterocycles. The fourth-order valence-corrected chi connectivity index (χ4v) is 10.5. The molecule has 16 nitrogen and oxygen atoms in total. The molecule has 402 valence electrons. The fraction of sp³-hybridized carbons (Fsp3) is 0.764. The summed E-state index contributed by atoms with van der Waals surface area (Å²) < 4.78 is 40.8. The zero-order valence-corrected chi connectivity index (χ0v) is 44.3. The molecule has 0 aromatic heterocycles. The molecule has 15 atom stereocenters. The van der Waals surface area contributed by atoms with Crippen LogP contribution in [0.4, 0.5) is 0 Å². The number of carbonyl (C=O) groups is 5. The number of nitrogens with zero attached hydrogens (tertiary/aromatic N) is 1. The van der Waals surface area contributed by atoms with Crippen molar-refractivity contribution in [2.75, 3.05) is 54.3 Å². The lowest BCUT2D eigenvalue weighted by molar-refractivity contribution is -0.266. The Morgan fingerprint density at radius 3 is 2.27 bits per heavy atom. The van der Waals surface area contributed by atoms with Gasteiger partial charge in [0.15, 0.2) is 5.78 Å². The molecule has 4 aliphatic rings. The lowest BCUT2D eigenvalue weighted by atomic mass is 9.78. The predicted molar refractivity (Wildman–Crippen MR) is 267 cm³/mol. The number of rotatable bonds is 12. The van der Waals surface area contributed by atoms with Crippen LogP contribution < -0.4 is 0 Å². The summed E-state index contributed by atoms with van der Waals surface area (Å²) in [5, 5.41) is 34.1. The highest BCUT2D eigenvalue weighted by Crippen LogP contribution is 2.38. The molecule has 0 radical (unpaired) electrons. The fourth-order valence-electron chi connectivity index (χ4n) is 10.5. The van der Waals surface area contributed by atoms with Crippen LogP contribution in [-0.2, 0) is 57.1 Å². The highest BCUT2D eigenvalue weighted by Gasteiger charge is 2.53. The van der Waals surface area contributed by atoms with Gasteiger partial charge in [0.25, 0.3) is 11.7 Å². The number of Topliss-reactive ketones (excluding diaryl/α,β-unsaturated/α-hetero) is 3. The minimum absolute atomic E-state index is 0.00618. The van der Waals surface area contributed by atoms with Crippen molar-refractivity contribution in [2.45, 2.75) is 180 Å². The van der Waals surface area contributed by atoms with Crippen LogP contribution in [0.25, 0.3) is 0 Å². The molecule has 2 bridgehead atoms. The standard InChI is InChI=1S/C55H87NO15/c1-34-16-12-11-13-17-35(2)46(69-27-26-68-25-24-65-8)32-42-21-19-40(7)55(64,71-42)52(61)53(62)56-23-15-14-18-43(56)54(63)70-47(37(4)30-41-20-22-44(57)48(31-41)66-9)33-45(58)36(3)29-39(6)50(60)51(67-10)49(59)38(5)28-34/h11-13,16-17,29,34,36-38,40-44,46-48,50-51,57,60,64H,14-15,18-28,30-33H2,1-10H3/b13-11+,16-12+,35-17+,39-29+/t34?,36?,37?,38?,40?,41?,42-,43-,44?,46?,47?,48?,50?,51?,55?/m0/s1. The topological polar surface area (TPSA) is 214 Å². The number of hydrogen-bond acceptors (Lipinski definition) is 15. The van der Waals surface area contributed by atoms with Gasteiger partial charge in [-0.3, -0.25) is 19.2 Å². The smallest absolute Gasteiger partial charge is 0.329 e. The van der Waals surface area contributed by atoms with E-state index in [2.05, 4.69) is 0 Å². The number of esters is 1. The summed E-state index contributed by atoms with van der Waals surface area (Å²) in [6.45, 7) is 14.1. The molecule has 3 N–H and O–H groups in total. The largest absolute Gasteiger partial charge is 0.460 e. The van der Waals surface area contributed by atoms with Gasteiger partial charge in [0, 0.05) is 58.5 Å². The minimum Gasteiger partial charge on any atom is -0.460 e. The number of ether oxygens (including phenoxy) is 7. The van der Waals surface area contributed by atoms with Crippen LogP contribution in [0.5, 0.6) is 0 Å². The number of fused-ring (bicyclic) bond motifs is 3. The Balaban J connectivity index is 1.71. The summed E-state index contributed by atoms with van der Waals surface area (Å²) in [6.07, 6.45) is 10.7. The molecule has 1 amide bonds. The highest BCUT2D eigenvalue weighted by molar-refractivity contribution is 6.39. The van der Waals surface area contributed by atoms with Gasteiger partial charge in [0.1, 0.15) is 30.1 Å². The molecular formula is C55H87NO15. The van der Waals surface area contributed by atoms with E-state index in [4.69, 9.17) is 33.2 Å². The van der Waals surface area contributed by atoms with Crippen LogP contribution in [0, 0.1) is 35.5 Å². The summed E-state index contributed by atoms with van der Waals surface area (Å²) in [6, 6.07) is -1.16. The van der Waals surface area contributed by atoms with Gasteiger partial charge in [0.05, 0.1) is 50.8 Å². The van der Waals surface area contributed by atoms with Crippen molar-refractivity contribution in [3.63, 3.8) is 0 Å². The van der Waals surface area contributed by atoms with E-state index in [0.29, 0.717) is 83.2 Å². The van der Waals surface area contributed by atoms with Gasteiger partial charge in [-0.2, -0.15) is 0 Å². The molecule has 0 spiro atoms. The number of amides is 1. The Labute approximate surface area is 422 Å². The summed E-state index contributed by atoms with van der Waals surface area (Å²) in [5.41, 5.74) is 1.23. The molecule has 3 heterocycles. The van der Waals surface area contributed by atoms with Gasteiger partial charge >= 0.3 is 5.97 Å². The normalized spacial score (nSPS) is 38.0. The van der Waals surface area contributed by atoms with Gasteiger partial charge in [-0.1, -0.05) is 71.1 Å². The van der Waals surface area contributed by atoms with Crippen LogP contribution in [0.2, 0.25) is 0 Å². The average molecular weight is 1000 g/mol. The molecule has 3 fully saturated rings. The van der Waals surface area contributed by atoms with Crippen molar-refractivity contribution in [3.05, 3.63) is 47.6 Å². The summed E-state index contributed by atoms with van der Waals surface area (Å²) in [5.74, 6) is -8.18. The maximum atomic E-state index is 14.5. The monoisotopic (exact) mass is 1000 g/mol. The minimum atomic E-state index is -2.47. The molecule has 1 aliphatic carbocycles. The summed E-state index contributed by atoms with van der Waals surface area (Å²) >= 11 is 0. The number of methoxy groups -OCH3 is 3. The van der Waals surface area contributed by atoms with E-state index in [-0.39, 0.29) is 67.8 Å². The first-order valence-corrected chi connectivity index (χ1v) is 26.1. The Kier molecular flexibility index (Phi) is 24.9. The maximum absolute atomic E-state index is 14.5. The Bertz CT molecular complexity index is 1860. The van der Waals surface area contributed by atoms with E-state index in [0.717, 1.165) is 5.57 Å². The number of piperidine rings is 1. The van der Waals surface area contributed by atoms with Crippen LogP contribution in [0.1, 0.15) is 126 Å². The van der Waals surface area contributed by atoms with Crippen molar-refractivity contribution in [1.29, 1.82) is 0 Å². The number of ketones is 3.